The second-order valence-electron chi connectivity index (χ2n) is 7.75. The molecule has 188 valence electrons. The minimum atomic E-state index is -0.820. The van der Waals surface area contributed by atoms with E-state index in [0.29, 0.717) is 6.61 Å². The van der Waals surface area contributed by atoms with Gasteiger partial charge in [0.05, 0.1) is 33.0 Å². The Morgan fingerprint density at radius 3 is 2.43 bits per heavy atom. The molecule has 0 spiro atoms. The van der Waals surface area contributed by atoms with Crippen LogP contribution in [0, 0.1) is 0 Å². The smallest absolute Gasteiger partial charge is 0.357 e. The van der Waals surface area contributed by atoms with Gasteiger partial charge in [-0.3, -0.25) is 4.79 Å². The van der Waals surface area contributed by atoms with Crippen LogP contribution in [-0.2, 0) is 18.9 Å². The predicted molar refractivity (Wildman–Crippen MR) is 122 cm³/mol. The number of methoxy groups -OCH3 is 3. The van der Waals surface area contributed by atoms with E-state index in [1.807, 2.05) is 0 Å². The minimum Gasteiger partial charge on any atom is -0.504 e. The highest BCUT2D eigenvalue weighted by atomic mass is 16.7. The Labute approximate surface area is 202 Å². The fourth-order valence-electron chi connectivity index (χ4n) is 3.35. The van der Waals surface area contributed by atoms with Crippen molar-refractivity contribution in [2.75, 3.05) is 48.4 Å². The van der Waals surface area contributed by atoms with Crippen LogP contribution in [0.5, 0.6) is 11.5 Å². The molecule has 1 amide bonds. The number of rotatable bonds is 11. The molecule has 0 atom stereocenters. The van der Waals surface area contributed by atoms with E-state index in [1.54, 1.807) is 11.9 Å². The summed E-state index contributed by atoms with van der Waals surface area (Å²) in [6.07, 6.45) is 1.83. The summed E-state index contributed by atoms with van der Waals surface area (Å²) in [4.78, 5) is 44.1. The van der Waals surface area contributed by atoms with Gasteiger partial charge in [0.2, 0.25) is 0 Å². The third kappa shape index (κ3) is 6.06. The molecule has 2 aromatic rings. The van der Waals surface area contributed by atoms with E-state index in [9.17, 15) is 19.5 Å². The van der Waals surface area contributed by atoms with Crippen molar-refractivity contribution in [1.82, 2.24) is 9.88 Å². The fourth-order valence-corrected chi connectivity index (χ4v) is 3.35. The summed E-state index contributed by atoms with van der Waals surface area (Å²) in [6.45, 7) is 0.185. The molecule has 1 aliphatic rings. The highest BCUT2D eigenvalue weighted by Crippen LogP contribution is 2.37. The highest BCUT2D eigenvalue weighted by Gasteiger charge is 2.32. The Kier molecular flexibility index (Phi) is 8.61. The molecule has 1 aliphatic carbocycles. The molecule has 1 fully saturated rings. The molecular weight excluding hydrogens is 460 g/mol. The van der Waals surface area contributed by atoms with Gasteiger partial charge in [-0.05, 0) is 37.1 Å². The largest absolute Gasteiger partial charge is 0.504 e. The predicted octanol–water partition coefficient (Wildman–Crippen LogP) is 2.26. The van der Waals surface area contributed by atoms with E-state index in [0.717, 1.165) is 18.9 Å². The van der Waals surface area contributed by atoms with Crippen LogP contribution in [0.2, 0.25) is 0 Å². The third-order valence-corrected chi connectivity index (χ3v) is 5.44. The molecule has 3 rings (SSSR count). The number of nitrogens with zero attached hydrogens (tertiary/aromatic N) is 2. The molecule has 0 aliphatic heterocycles. The summed E-state index contributed by atoms with van der Waals surface area (Å²) < 4.78 is 25.3. The van der Waals surface area contributed by atoms with Crippen LogP contribution < -0.4 is 4.74 Å². The van der Waals surface area contributed by atoms with Gasteiger partial charge >= 0.3 is 11.9 Å². The lowest BCUT2D eigenvalue weighted by atomic mass is 9.96. The van der Waals surface area contributed by atoms with Crippen molar-refractivity contribution in [2.45, 2.75) is 18.9 Å². The second kappa shape index (κ2) is 11.6. The Balaban J connectivity index is 2.03. The van der Waals surface area contributed by atoms with Gasteiger partial charge in [-0.2, -0.15) is 0 Å². The first-order chi connectivity index (χ1) is 16.8. The molecule has 1 saturated carbocycles. The molecule has 1 aromatic heterocycles. The number of esters is 2. The Morgan fingerprint density at radius 1 is 1.06 bits per heavy atom. The highest BCUT2D eigenvalue weighted by molar-refractivity contribution is 6.04. The van der Waals surface area contributed by atoms with Gasteiger partial charge in [-0.15, -0.1) is 0 Å². The number of ether oxygens (including phenoxy) is 5. The number of phenols is 1. The summed E-state index contributed by atoms with van der Waals surface area (Å²) in [5.74, 6) is -2.22. The van der Waals surface area contributed by atoms with Crippen molar-refractivity contribution in [3.8, 4) is 22.6 Å². The Hall–Kier alpha value is -3.70. The SMILES string of the molecule is COCCOCOC(=O)c1cc(O)c(OC)cc1-c1ccc(C(=O)N(C)C2CC2)nc1C(=O)OC. The first kappa shape index (κ1) is 25.9. The number of hydrogen-bond donors (Lipinski definition) is 1. The average molecular weight is 488 g/mol. The number of aromatic nitrogens is 1. The average Bonchev–Trinajstić information content (AvgIpc) is 3.72. The van der Waals surface area contributed by atoms with E-state index >= 15 is 0 Å². The van der Waals surface area contributed by atoms with Crippen molar-refractivity contribution < 1.29 is 43.2 Å². The molecule has 0 radical (unpaired) electrons. The van der Waals surface area contributed by atoms with Crippen LogP contribution in [0.1, 0.15) is 44.2 Å². The van der Waals surface area contributed by atoms with Gasteiger partial charge in [-0.25, -0.2) is 14.6 Å². The molecule has 1 aromatic carbocycles. The summed E-state index contributed by atoms with van der Waals surface area (Å²) in [7, 11) is 5.72. The number of aromatic hydroxyl groups is 1. The fraction of sp³-hybridized carbons (Fsp3) is 0.417. The Bertz CT molecular complexity index is 1100. The zero-order valence-corrected chi connectivity index (χ0v) is 20.0. The van der Waals surface area contributed by atoms with Crippen molar-refractivity contribution >= 4 is 17.8 Å². The summed E-state index contributed by atoms with van der Waals surface area (Å²) in [5.41, 5.74) is 0.183. The first-order valence-corrected chi connectivity index (χ1v) is 10.8. The van der Waals surface area contributed by atoms with Crippen LogP contribution >= 0.6 is 0 Å². The number of carbonyl (C=O) groups excluding carboxylic acids is 3. The third-order valence-electron chi connectivity index (χ3n) is 5.44. The molecule has 0 saturated heterocycles. The quantitative estimate of drug-likeness (QED) is 0.285. The molecule has 11 heteroatoms. The van der Waals surface area contributed by atoms with Crippen LogP contribution in [0.15, 0.2) is 24.3 Å². The summed E-state index contributed by atoms with van der Waals surface area (Å²) in [6, 6.07) is 5.64. The number of phenolic OH excluding ortho intramolecular Hbond substituents is 1. The minimum absolute atomic E-state index is 0.0531. The molecule has 11 nitrogen and oxygen atoms in total. The van der Waals surface area contributed by atoms with Gasteiger partial charge < -0.3 is 33.7 Å². The molecule has 1 N–H and O–H groups in total. The van der Waals surface area contributed by atoms with Gasteiger partial charge in [0.25, 0.3) is 5.91 Å². The van der Waals surface area contributed by atoms with Crippen LogP contribution in [-0.4, -0.2) is 87.3 Å². The van der Waals surface area contributed by atoms with E-state index < -0.39 is 11.9 Å². The maximum Gasteiger partial charge on any atom is 0.357 e. The zero-order chi connectivity index (χ0) is 25.5. The van der Waals surface area contributed by atoms with Crippen molar-refractivity contribution in [3.63, 3.8) is 0 Å². The van der Waals surface area contributed by atoms with Crippen LogP contribution in [0.25, 0.3) is 11.1 Å². The topological polar surface area (TPSA) is 134 Å². The molecule has 35 heavy (non-hydrogen) atoms. The standard InChI is InChI=1S/C24H28N2O9/c1-26(14-5-6-14)22(28)18-8-7-15(21(25-18)24(30)33-4)16-12-20(32-3)19(27)11-17(16)23(29)35-13-34-10-9-31-2/h7-8,11-12,14,27H,5-6,9-10,13H2,1-4H3. The number of benzene rings is 1. The summed E-state index contributed by atoms with van der Waals surface area (Å²) >= 11 is 0. The Morgan fingerprint density at radius 2 is 1.80 bits per heavy atom. The van der Waals surface area contributed by atoms with Gasteiger partial charge in [0.15, 0.2) is 24.0 Å². The molecule has 1 heterocycles. The van der Waals surface area contributed by atoms with Crippen molar-refractivity contribution in [3.05, 3.63) is 41.2 Å². The first-order valence-electron chi connectivity index (χ1n) is 10.8. The summed E-state index contributed by atoms with van der Waals surface area (Å²) in [5, 5.41) is 10.3. The van der Waals surface area contributed by atoms with Gasteiger partial charge in [0.1, 0.15) is 5.69 Å². The van der Waals surface area contributed by atoms with E-state index in [-0.39, 0.29) is 64.9 Å². The van der Waals surface area contributed by atoms with Gasteiger partial charge in [-0.1, -0.05) is 0 Å². The number of amides is 1. The lowest BCUT2D eigenvalue weighted by molar-refractivity contribution is -0.0435. The van der Waals surface area contributed by atoms with E-state index in [1.165, 1.54) is 39.5 Å². The maximum absolute atomic E-state index is 12.8. The van der Waals surface area contributed by atoms with Crippen LogP contribution in [0.4, 0.5) is 0 Å². The molecule has 0 bridgehead atoms. The van der Waals surface area contributed by atoms with Gasteiger partial charge in [0, 0.05) is 31.3 Å². The van der Waals surface area contributed by atoms with Crippen LogP contribution in [0.3, 0.4) is 0 Å². The maximum atomic E-state index is 12.8. The van der Waals surface area contributed by atoms with E-state index in [4.69, 9.17) is 23.7 Å². The monoisotopic (exact) mass is 488 g/mol. The molecular formula is C24H28N2O9. The lowest BCUT2D eigenvalue weighted by Gasteiger charge is -2.18. The van der Waals surface area contributed by atoms with E-state index in [2.05, 4.69) is 4.98 Å². The number of carbonyl (C=O) groups is 3. The number of pyridine rings is 1. The van der Waals surface area contributed by atoms with Crippen molar-refractivity contribution in [2.24, 2.45) is 0 Å². The zero-order valence-electron chi connectivity index (χ0n) is 20.0. The lowest BCUT2D eigenvalue weighted by Crippen LogP contribution is -2.30. The van der Waals surface area contributed by atoms with Crippen molar-refractivity contribution in [1.29, 1.82) is 0 Å². The molecule has 0 unspecified atom stereocenters. The number of hydrogen-bond acceptors (Lipinski definition) is 10. The normalized spacial score (nSPS) is 12.7. The second-order valence-corrected chi connectivity index (χ2v) is 7.75.